The number of nitrogens with two attached hydrogens (primary N) is 1. The molecule has 3 N–H and O–H groups in total. The first-order valence-electron chi connectivity index (χ1n) is 4.79. The first-order chi connectivity index (χ1) is 8.15. The third-order valence-corrected chi connectivity index (χ3v) is 2.45. The molecule has 1 aromatic heterocycles. The average Bonchev–Trinajstić information content (AvgIpc) is 2.29. The second-order valence-corrected chi connectivity index (χ2v) is 4.16. The van der Waals surface area contributed by atoms with Crippen molar-refractivity contribution >= 4 is 40.3 Å². The predicted molar refractivity (Wildman–Crippen MR) is 72.7 cm³/mol. The maximum atomic E-state index is 5.87. The topological polar surface area (TPSA) is 63.8 Å². The summed E-state index contributed by atoms with van der Waals surface area (Å²) in [7, 11) is 0. The zero-order valence-corrected chi connectivity index (χ0v) is 10.3. The van der Waals surface area contributed by atoms with Gasteiger partial charge in [-0.1, -0.05) is 29.9 Å². The molecule has 0 aliphatic rings. The van der Waals surface area contributed by atoms with Crippen LogP contribution in [0.2, 0.25) is 5.02 Å². The summed E-state index contributed by atoms with van der Waals surface area (Å²) in [6.45, 7) is 0. The van der Waals surface area contributed by atoms with Gasteiger partial charge in [-0.25, -0.2) is 9.97 Å². The summed E-state index contributed by atoms with van der Waals surface area (Å²) in [6, 6.07) is 7.33. The average molecular weight is 265 g/mol. The van der Waals surface area contributed by atoms with Gasteiger partial charge in [0.1, 0.15) is 16.5 Å². The largest absolute Gasteiger partial charge is 0.388 e. The lowest BCUT2D eigenvalue weighted by molar-refractivity contribution is 1.18. The number of nitrogens with one attached hydrogen (secondary N) is 1. The zero-order valence-electron chi connectivity index (χ0n) is 8.72. The van der Waals surface area contributed by atoms with E-state index in [0.29, 0.717) is 16.5 Å². The van der Waals surface area contributed by atoms with Crippen LogP contribution in [-0.4, -0.2) is 15.0 Å². The molecule has 0 atom stereocenters. The summed E-state index contributed by atoms with van der Waals surface area (Å²) >= 11 is 10.7. The fourth-order valence-electron chi connectivity index (χ4n) is 1.23. The molecule has 0 saturated carbocycles. The number of rotatable bonds is 3. The van der Waals surface area contributed by atoms with Gasteiger partial charge in [-0.05, 0) is 18.2 Å². The van der Waals surface area contributed by atoms with E-state index in [1.54, 1.807) is 18.3 Å². The molecule has 0 saturated heterocycles. The molecular formula is C11H9ClN4S. The fraction of sp³-hybridized carbons (Fsp3) is 0. The summed E-state index contributed by atoms with van der Waals surface area (Å²) < 4.78 is 0. The first-order valence-corrected chi connectivity index (χ1v) is 5.58. The van der Waals surface area contributed by atoms with Gasteiger partial charge in [0.15, 0.2) is 0 Å². The molecule has 0 fully saturated rings. The molecule has 0 bridgehead atoms. The minimum atomic E-state index is 0.229. The van der Waals surface area contributed by atoms with Crippen LogP contribution in [0.15, 0.2) is 36.7 Å². The Morgan fingerprint density at radius 1 is 1.29 bits per heavy atom. The molecular weight excluding hydrogens is 256 g/mol. The normalized spacial score (nSPS) is 9.94. The molecule has 6 heteroatoms. The highest BCUT2D eigenvalue weighted by Crippen LogP contribution is 2.18. The molecule has 0 radical (unpaired) electrons. The highest BCUT2D eigenvalue weighted by molar-refractivity contribution is 7.80. The van der Waals surface area contributed by atoms with Crippen LogP contribution in [0.5, 0.6) is 0 Å². The quantitative estimate of drug-likeness (QED) is 0.834. The molecule has 2 rings (SSSR count). The van der Waals surface area contributed by atoms with Crippen LogP contribution in [0.25, 0.3) is 0 Å². The van der Waals surface area contributed by atoms with E-state index < -0.39 is 0 Å². The van der Waals surface area contributed by atoms with Crippen LogP contribution < -0.4 is 11.1 Å². The Labute approximate surface area is 109 Å². The Balaban J connectivity index is 2.16. The summed E-state index contributed by atoms with van der Waals surface area (Å²) in [4.78, 5) is 8.44. The van der Waals surface area contributed by atoms with Crippen molar-refractivity contribution in [1.29, 1.82) is 0 Å². The number of hydrogen-bond donors (Lipinski definition) is 2. The minimum absolute atomic E-state index is 0.229. The van der Waals surface area contributed by atoms with E-state index in [0.717, 1.165) is 5.69 Å². The summed E-state index contributed by atoms with van der Waals surface area (Å²) in [5.74, 6) is 0.604. The third-order valence-electron chi connectivity index (χ3n) is 2.00. The highest BCUT2D eigenvalue weighted by Gasteiger charge is 2.00. The molecule has 17 heavy (non-hydrogen) atoms. The van der Waals surface area contributed by atoms with E-state index in [2.05, 4.69) is 15.3 Å². The van der Waals surface area contributed by atoms with Crippen molar-refractivity contribution in [3.05, 3.63) is 47.4 Å². The van der Waals surface area contributed by atoms with Crippen LogP contribution in [0.3, 0.4) is 0 Å². The van der Waals surface area contributed by atoms with Crippen molar-refractivity contribution in [3.63, 3.8) is 0 Å². The van der Waals surface area contributed by atoms with Crippen molar-refractivity contribution in [2.75, 3.05) is 5.32 Å². The lowest BCUT2D eigenvalue weighted by atomic mass is 10.3. The molecule has 0 amide bonds. The standard InChI is InChI=1S/C11H9ClN4S/c12-7-2-1-3-8(4-7)16-10-6-14-9(5-15-10)11(13)17/h1-6H,(H2,13,17)(H,15,16). The van der Waals surface area contributed by atoms with Gasteiger partial charge in [0.05, 0.1) is 12.4 Å². The Morgan fingerprint density at radius 2 is 2.12 bits per heavy atom. The van der Waals surface area contributed by atoms with Gasteiger partial charge in [-0.2, -0.15) is 0 Å². The lowest BCUT2D eigenvalue weighted by Crippen LogP contribution is -2.12. The van der Waals surface area contributed by atoms with E-state index in [1.165, 1.54) is 6.20 Å². The summed E-state index contributed by atoms with van der Waals surface area (Å²) in [6.07, 6.45) is 3.09. The van der Waals surface area contributed by atoms with E-state index in [4.69, 9.17) is 29.6 Å². The molecule has 1 heterocycles. The van der Waals surface area contributed by atoms with Gasteiger partial charge in [0.2, 0.25) is 0 Å². The number of nitrogens with zero attached hydrogens (tertiary/aromatic N) is 2. The number of aromatic nitrogens is 2. The molecule has 0 aliphatic heterocycles. The summed E-state index contributed by atoms with van der Waals surface area (Å²) in [5.41, 5.74) is 6.77. The zero-order chi connectivity index (χ0) is 12.3. The Kier molecular flexibility index (Phi) is 3.51. The van der Waals surface area contributed by atoms with Crippen molar-refractivity contribution in [2.24, 2.45) is 5.73 Å². The first kappa shape index (κ1) is 11.8. The molecule has 4 nitrogen and oxygen atoms in total. The Morgan fingerprint density at radius 3 is 2.71 bits per heavy atom. The second kappa shape index (κ2) is 5.07. The second-order valence-electron chi connectivity index (χ2n) is 3.29. The maximum Gasteiger partial charge on any atom is 0.148 e. The maximum absolute atomic E-state index is 5.87. The van der Waals surface area contributed by atoms with Gasteiger partial charge >= 0.3 is 0 Å². The van der Waals surface area contributed by atoms with Crippen LogP contribution >= 0.6 is 23.8 Å². The van der Waals surface area contributed by atoms with E-state index >= 15 is 0 Å². The van der Waals surface area contributed by atoms with E-state index in [1.807, 2.05) is 12.1 Å². The molecule has 0 aliphatic carbocycles. The molecule has 2 aromatic rings. The van der Waals surface area contributed by atoms with Gasteiger partial charge in [-0.3, -0.25) is 0 Å². The van der Waals surface area contributed by atoms with Gasteiger partial charge in [-0.15, -0.1) is 0 Å². The number of benzene rings is 1. The molecule has 0 unspecified atom stereocenters. The fourth-order valence-corrected chi connectivity index (χ4v) is 1.53. The SMILES string of the molecule is NC(=S)c1cnc(Nc2cccc(Cl)c2)cn1. The molecule has 0 spiro atoms. The van der Waals surface area contributed by atoms with Crippen LogP contribution in [0.4, 0.5) is 11.5 Å². The number of hydrogen-bond acceptors (Lipinski definition) is 4. The Hall–Kier alpha value is -1.72. The predicted octanol–water partition coefficient (Wildman–Crippen LogP) is 2.51. The highest BCUT2D eigenvalue weighted by atomic mass is 35.5. The van der Waals surface area contributed by atoms with Crippen LogP contribution in [-0.2, 0) is 0 Å². The number of thiocarbonyl (C=S) groups is 1. The van der Waals surface area contributed by atoms with Gasteiger partial charge in [0.25, 0.3) is 0 Å². The van der Waals surface area contributed by atoms with Crippen molar-refractivity contribution in [3.8, 4) is 0 Å². The summed E-state index contributed by atoms with van der Waals surface area (Å²) in [5, 5.41) is 3.72. The third kappa shape index (κ3) is 3.12. The molecule has 1 aromatic carbocycles. The number of halogens is 1. The van der Waals surface area contributed by atoms with Crippen molar-refractivity contribution in [1.82, 2.24) is 9.97 Å². The smallest absolute Gasteiger partial charge is 0.148 e. The lowest BCUT2D eigenvalue weighted by Gasteiger charge is -2.05. The Bertz CT molecular complexity index is 541. The van der Waals surface area contributed by atoms with Gasteiger partial charge < -0.3 is 11.1 Å². The van der Waals surface area contributed by atoms with Crippen LogP contribution in [0, 0.1) is 0 Å². The van der Waals surface area contributed by atoms with Crippen LogP contribution in [0.1, 0.15) is 5.69 Å². The van der Waals surface area contributed by atoms with Crippen molar-refractivity contribution in [2.45, 2.75) is 0 Å². The number of anilines is 2. The van der Waals surface area contributed by atoms with E-state index in [-0.39, 0.29) is 4.99 Å². The minimum Gasteiger partial charge on any atom is -0.388 e. The van der Waals surface area contributed by atoms with Crippen molar-refractivity contribution < 1.29 is 0 Å². The van der Waals surface area contributed by atoms with E-state index in [9.17, 15) is 0 Å². The molecule has 86 valence electrons. The monoisotopic (exact) mass is 264 g/mol. The van der Waals surface area contributed by atoms with Gasteiger partial charge in [0, 0.05) is 10.7 Å².